The van der Waals surface area contributed by atoms with Gasteiger partial charge in [0.15, 0.2) is 56.1 Å². The fraction of sp³-hybridized carbons (Fsp3) is 0.857. The third-order valence-electron chi connectivity index (χ3n) is 14.2. The molecule has 0 aromatic rings. The second kappa shape index (κ2) is 30.5. The van der Waals surface area contributed by atoms with Crippen LogP contribution in [0.15, 0.2) is 0 Å². The highest BCUT2D eigenvalue weighted by atomic mass is 32.3. The summed E-state index contributed by atoms with van der Waals surface area (Å²) in [6, 6.07) is -6.74. The normalized spacial score (nSPS) is 42.6. The van der Waals surface area contributed by atoms with Crippen LogP contribution in [0.3, 0.4) is 0 Å². The Morgan fingerprint density at radius 1 is 0.352 bits per heavy atom. The molecule has 6 saturated heterocycles. The molecule has 0 aliphatic carbocycles. The summed E-state index contributed by atoms with van der Waals surface area (Å²) in [7, 11) is -17.1. The molecule has 6 aliphatic rings. The van der Waals surface area contributed by atoms with Crippen LogP contribution in [0.4, 0.5) is 0 Å². The topological polar surface area (TPSA) is 714 Å². The van der Waals surface area contributed by atoms with Gasteiger partial charge in [0.1, 0.15) is 128 Å². The summed E-state index contributed by atoms with van der Waals surface area (Å²) < 4.78 is 176. The number of carboxylic acid groups (broad SMARTS) is 3. The zero-order valence-corrected chi connectivity index (χ0v) is 48.8. The van der Waals surface area contributed by atoms with Crippen molar-refractivity contribution in [2.75, 3.05) is 19.8 Å². The van der Waals surface area contributed by atoms with Crippen LogP contribution in [0.5, 0.6) is 0 Å². The molecule has 0 radical (unpaired) electrons. The number of aliphatic hydroxyl groups is 11. The lowest BCUT2D eigenvalue weighted by Crippen LogP contribution is -2.72. The van der Waals surface area contributed by atoms with Crippen molar-refractivity contribution in [1.29, 1.82) is 0 Å². The lowest BCUT2D eigenvalue weighted by Gasteiger charge is -2.51. The number of nitrogens with one attached hydrogen (secondary N) is 3. The first-order valence-corrected chi connectivity index (χ1v) is 30.2. The Labute approximate surface area is 510 Å². The number of hydrogen-bond donors (Lipinski definition) is 20. The summed E-state index contributed by atoms with van der Waals surface area (Å²) in [4.78, 5) is 76.2. The molecule has 49 heteroatoms. The van der Waals surface area contributed by atoms with Crippen molar-refractivity contribution in [3.63, 3.8) is 0 Å². The Balaban J connectivity index is 1.34. The number of carbonyl (C=O) groups is 6. The number of aliphatic hydroxyl groups excluding tert-OH is 11. The van der Waals surface area contributed by atoms with Crippen LogP contribution < -0.4 is 16.0 Å². The maximum Gasteiger partial charge on any atom is 0.397 e. The molecule has 524 valence electrons. The predicted molar refractivity (Wildman–Crippen MR) is 267 cm³/mol. The van der Waals surface area contributed by atoms with Crippen molar-refractivity contribution >= 4 is 66.8 Å². The fourth-order valence-electron chi connectivity index (χ4n) is 10.4. The molecule has 0 bridgehead atoms. The van der Waals surface area contributed by atoms with E-state index in [1.54, 1.807) is 0 Å². The molecular weight excluding hydrogens is 1330 g/mol. The molecule has 6 rings (SSSR count). The van der Waals surface area contributed by atoms with E-state index in [0.717, 1.165) is 13.8 Å². The van der Waals surface area contributed by atoms with Gasteiger partial charge in [-0.25, -0.2) is 26.9 Å². The number of rotatable bonds is 25. The van der Waals surface area contributed by atoms with E-state index in [4.69, 9.17) is 56.3 Å². The Bertz CT molecular complexity index is 2920. The summed E-state index contributed by atoms with van der Waals surface area (Å²) in [5.74, 6) is -9.81. The minimum atomic E-state index is -5.84. The van der Waals surface area contributed by atoms with Crippen molar-refractivity contribution in [3.05, 3.63) is 0 Å². The Hall–Kier alpha value is -4.45. The van der Waals surface area contributed by atoms with Crippen LogP contribution in [0.1, 0.15) is 20.8 Å². The second-order valence-electron chi connectivity index (χ2n) is 20.6. The van der Waals surface area contributed by atoms with Crippen molar-refractivity contribution in [3.8, 4) is 0 Å². The number of carboxylic acids is 3. The first-order chi connectivity index (χ1) is 42.1. The molecule has 6 fully saturated rings. The van der Waals surface area contributed by atoms with Crippen molar-refractivity contribution in [1.82, 2.24) is 16.0 Å². The number of amides is 3. The Morgan fingerprint density at radius 3 is 0.934 bits per heavy atom. The highest BCUT2D eigenvalue weighted by Crippen LogP contribution is 2.39. The monoisotopic (exact) mass is 1400 g/mol. The molecule has 0 saturated carbocycles. The molecule has 3 amide bonds. The lowest BCUT2D eigenvalue weighted by molar-refractivity contribution is -0.375. The molecule has 6 heterocycles. The van der Waals surface area contributed by atoms with Gasteiger partial charge < -0.3 is 140 Å². The molecule has 30 atom stereocenters. The van der Waals surface area contributed by atoms with Gasteiger partial charge in [-0.15, -0.1) is 0 Å². The van der Waals surface area contributed by atoms with Crippen molar-refractivity contribution in [2.24, 2.45) is 0 Å². The van der Waals surface area contributed by atoms with Gasteiger partial charge in [-0.05, 0) is 0 Å². The molecular formula is C42H65N3O43S3. The van der Waals surface area contributed by atoms with E-state index in [-0.39, 0.29) is 0 Å². The van der Waals surface area contributed by atoms with E-state index in [0.29, 0.717) is 6.92 Å². The van der Waals surface area contributed by atoms with Gasteiger partial charge >= 0.3 is 49.1 Å². The molecule has 1 unspecified atom stereocenters. The molecule has 6 aliphatic heterocycles. The maximum absolute atomic E-state index is 13.1. The Kier molecular flexibility index (Phi) is 25.3. The smallest absolute Gasteiger partial charge is 0.397 e. The molecule has 91 heavy (non-hydrogen) atoms. The lowest BCUT2D eigenvalue weighted by atomic mass is 9.93. The number of carbonyl (C=O) groups excluding carboxylic acids is 3. The first kappa shape index (κ1) is 75.6. The average Bonchev–Trinajstić information content (AvgIpc) is 0.782. The van der Waals surface area contributed by atoms with Crippen molar-refractivity contribution in [2.45, 2.75) is 205 Å². The maximum atomic E-state index is 13.1. The van der Waals surface area contributed by atoms with Crippen molar-refractivity contribution < 1.29 is 204 Å². The van der Waals surface area contributed by atoms with Crippen LogP contribution >= 0.6 is 0 Å². The highest BCUT2D eigenvalue weighted by molar-refractivity contribution is 7.81. The van der Waals surface area contributed by atoms with E-state index in [1.165, 1.54) is 0 Å². The molecule has 0 aromatic carbocycles. The zero-order valence-electron chi connectivity index (χ0n) is 46.4. The molecule has 20 N–H and O–H groups in total. The number of aliphatic carboxylic acids is 3. The summed E-state index contributed by atoms with van der Waals surface area (Å²) in [6.07, 6.45) is -67.8. The van der Waals surface area contributed by atoms with Gasteiger partial charge in [0.05, 0.1) is 19.8 Å². The molecule has 0 spiro atoms. The third-order valence-corrected chi connectivity index (χ3v) is 15.5. The van der Waals surface area contributed by atoms with E-state index in [2.05, 4.69) is 24.3 Å². The quantitative estimate of drug-likeness (QED) is 0.0377. The van der Waals surface area contributed by atoms with Crippen LogP contribution in [0.2, 0.25) is 0 Å². The van der Waals surface area contributed by atoms with E-state index < -0.39 is 271 Å². The fourth-order valence-corrected chi connectivity index (χ4v) is 11.9. The van der Waals surface area contributed by atoms with Crippen LogP contribution in [-0.2, 0) is 125 Å². The number of hydrogen-bond acceptors (Lipinski definition) is 37. The summed E-state index contributed by atoms with van der Waals surface area (Å²) in [6.45, 7) is -1.89. The van der Waals surface area contributed by atoms with Crippen LogP contribution in [0.25, 0.3) is 0 Å². The summed E-state index contributed by atoms with van der Waals surface area (Å²) in [5, 5.41) is 157. The molecule has 0 aromatic heterocycles. The minimum Gasteiger partial charge on any atom is -0.479 e. The van der Waals surface area contributed by atoms with Gasteiger partial charge in [0.25, 0.3) is 0 Å². The minimum absolute atomic E-state index is 0.716. The van der Waals surface area contributed by atoms with Gasteiger partial charge in [-0.3, -0.25) is 28.0 Å². The number of ether oxygens (including phenoxy) is 11. The van der Waals surface area contributed by atoms with Gasteiger partial charge in [-0.2, -0.15) is 25.3 Å². The van der Waals surface area contributed by atoms with E-state index in [9.17, 15) is 139 Å². The Morgan fingerprint density at radius 2 is 0.626 bits per heavy atom. The predicted octanol–water partition coefficient (Wildman–Crippen LogP) is -13.9. The van der Waals surface area contributed by atoms with Gasteiger partial charge in [0, 0.05) is 20.8 Å². The summed E-state index contributed by atoms with van der Waals surface area (Å²) in [5.41, 5.74) is 0. The highest BCUT2D eigenvalue weighted by Gasteiger charge is 2.61. The zero-order chi connectivity index (χ0) is 68.4. The van der Waals surface area contributed by atoms with E-state index in [1.807, 2.05) is 0 Å². The molecule has 46 nitrogen and oxygen atoms in total. The van der Waals surface area contributed by atoms with Gasteiger partial charge in [0.2, 0.25) is 17.7 Å². The standard InChI is InChI=1S/C42H65N3O43S3/c1-7(49)43-13-16(52)23(86-89(66,67)68)10(4-46)75-38(13)81-29-18(54)21(57)41(84-32(29)35(61)62)80-27-15(45-9(3)51)40(77-12(6-48)25(27)88-91(72,73)74)83-30-19(55)22(58)42(85-33(30)36(63)64)79-26-14(44-8(2)50)39(76-11(5-47)24(26)87-90(69,70)71)82-28-17(53)20(56)37(65)78-31(28)34(59)60/h10-33,37-42,46-48,52-58,65H,4-6H2,1-3H3,(H,43,49)(H,44,50)(H,45,51)(H,59,60)(H,61,62)(H,63,64)(H,66,67,68)(H,69,70,71)(H,72,73,74)/t10-,11-,12-,13-,14-,15-,16?,17-,18-,19-,20-,21-,22-,23+,24+,25+,26-,27-,28+,29+,30+,31+,32+,33+,37-,38+,39+,40+,41-,42-/m1/s1. The SMILES string of the molecule is CC(=O)N[C@H]1[C@H](O[C@H]2[C@H](O)[C@@H](O)[C@H](O)O[C@@H]2C(=O)O)O[C@H](CO)[C@H](OS(=O)(=O)O)[C@@H]1O[C@@H]1O[C@H](C(=O)O)[C@@H](O[C@@H]2O[C@H](CO)[C@H](OS(=O)(=O)O)[C@H](O[C@@H]3O[C@H](C(=O)O)[C@@H](O[C@@H]4O[C@H](CO)[C@H](OS(=O)(=O)O)C(O)[C@H]4NC(C)=O)[C@H](O)[C@H]3O)[C@H]2NC(C)=O)[C@H](O)[C@H]1O. The van der Waals surface area contributed by atoms with Gasteiger partial charge in [-0.1, -0.05) is 0 Å². The first-order valence-electron chi connectivity index (χ1n) is 26.1. The summed E-state index contributed by atoms with van der Waals surface area (Å²) >= 11 is 0. The third kappa shape index (κ3) is 18.3. The second-order valence-corrected chi connectivity index (χ2v) is 23.7. The average molecular weight is 1400 g/mol. The van der Waals surface area contributed by atoms with Crippen LogP contribution in [0, 0.1) is 0 Å². The van der Waals surface area contributed by atoms with E-state index >= 15 is 0 Å². The van der Waals surface area contributed by atoms with Crippen LogP contribution in [-0.4, -0.2) is 350 Å². The largest absolute Gasteiger partial charge is 0.479 e.